The number of morpholine rings is 1. The number of halogens is 1. The van der Waals surface area contributed by atoms with Crippen LogP contribution >= 0.6 is 11.6 Å². The van der Waals surface area contributed by atoms with Crippen LogP contribution in [0.3, 0.4) is 0 Å². The fourth-order valence-corrected chi connectivity index (χ4v) is 3.65. The number of amides is 1. The lowest BCUT2D eigenvalue weighted by atomic mass is 10.0. The van der Waals surface area contributed by atoms with Gasteiger partial charge in [0.15, 0.2) is 11.5 Å². The zero-order valence-electron chi connectivity index (χ0n) is 18.3. The van der Waals surface area contributed by atoms with E-state index in [-0.39, 0.29) is 11.9 Å². The van der Waals surface area contributed by atoms with Crippen LogP contribution in [0.1, 0.15) is 44.5 Å². The molecule has 164 valence electrons. The summed E-state index contributed by atoms with van der Waals surface area (Å²) in [6, 6.07) is 3.59. The van der Waals surface area contributed by atoms with Crippen molar-refractivity contribution in [1.29, 1.82) is 0 Å². The van der Waals surface area contributed by atoms with Crippen LogP contribution in [0.2, 0.25) is 5.02 Å². The van der Waals surface area contributed by atoms with Crippen molar-refractivity contribution in [3.63, 3.8) is 0 Å². The minimum Gasteiger partial charge on any atom is -0.493 e. The Morgan fingerprint density at radius 1 is 1.24 bits per heavy atom. The van der Waals surface area contributed by atoms with Gasteiger partial charge in [-0.3, -0.25) is 9.69 Å². The number of carbonyl (C=O) groups excluding carboxylic acids is 1. The molecule has 0 aliphatic carbocycles. The van der Waals surface area contributed by atoms with E-state index < -0.39 is 0 Å². The highest BCUT2D eigenvalue weighted by Crippen LogP contribution is 2.36. The summed E-state index contributed by atoms with van der Waals surface area (Å²) in [7, 11) is 1.55. The number of carbonyl (C=O) groups is 1. The number of methoxy groups -OCH3 is 1. The van der Waals surface area contributed by atoms with Crippen molar-refractivity contribution in [3.05, 3.63) is 22.7 Å². The minimum absolute atomic E-state index is 0.169. The van der Waals surface area contributed by atoms with Gasteiger partial charge in [-0.25, -0.2) is 0 Å². The van der Waals surface area contributed by atoms with E-state index in [4.69, 9.17) is 25.8 Å². The van der Waals surface area contributed by atoms with Gasteiger partial charge in [0.1, 0.15) is 0 Å². The summed E-state index contributed by atoms with van der Waals surface area (Å²) in [4.78, 5) is 15.2. The van der Waals surface area contributed by atoms with Gasteiger partial charge in [0.05, 0.1) is 32.0 Å². The summed E-state index contributed by atoms with van der Waals surface area (Å²) in [5.41, 5.74) is 0.465. The van der Waals surface area contributed by atoms with Crippen LogP contribution in [0.25, 0.3) is 0 Å². The van der Waals surface area contributed by atoms with E-state index in [9.17, 15) is 4.79 Å². The summed E-state index contributed by atoms with van der Waals surface area (Å²) >= 11 is 6.40. The van der Waals surface area contributed by atoms with E-state index in [1.54, 1.807) is 19.2 Å². The molecule has 1 amide bonds. The predicted molar refractivity (Wildman–Crippen MR) is 116 cm³/mol. The van der Waals surface area contributed by atoms with Gasteiger partial charge in [0, 0.05) is 31.2 Å². The lowest BCUT2D eigenvalue weighted by Gasteiger charge is -2.36. The van der Waals surface area contributed by atoms with Crippen molar-refractivity contribution in [2.45, 2.75) is 40.2 Å². The number of hydrogen-bond donors (Lipinski definition) is 1. The highest BCUT2D eigenvalue weighted by Gasteiger charge is 2.25. The average Bonchev–Trinajstić information content (AvgIpc) is 2.69. The van der Waals surface area contributed by atoms with Crippen molar-refractivity contribution in [3.8, 4) is 11.5 Å². The number of ether oxygens (including phenoxy) is 3. The van der Waals surface area contributed by atoms with E-state index in [1.807, 2.05) is 0 Å². The van der Waals surface area contributed by atoms with Crippen LogP contribution in [0.5, 0.6) is 11.5 Å². The first-order chi connectivity index (χ1) is 13.8. The lowest BCUT2D eigenvalue weighted by molar-refractivity contribution is 0.00672. The summed E-state index contributed by atoms with van der Waals surface area (Å²) in [5, 5.41) is 3.44. The zero-order valence-corrected chi connectivity index (χ0v) is 19.1. The molecule has 0 radical (unpaired) electrons. The lowest BCUT2D eigenvalue weighted by Crippen LogP contribution is -2.51. The van der Waals surface area contributed by atoms with Crippen LogP contribution < -0.4 is 14.8 Å². The number of rotatable bonds is 10. The molecule has 1 fully saturated rings. The standard InChI is InChI=1S/C22H35ClN2O4/c1-15(2)6-9-29-21-18(23)12-17(13-20(21)27-5)22(26)24-14-19(16(3)4)25-7-10-28-11-8-25/h12-13,15-16,19H,6-11,14H2,1-5H3,(H,24,26). The summed E-state index contributed by atoms with van der Waals surface area (Å²) in [5.74, 6) is 1.74. The fourth-order valence-electron chi connectivity index (χ4n) is 3.38. The zero-order chi connectivity index (χ0) is 21.4. The molecule has 1 heterocycles. The van der Waals surface area contributed by atoms with Crippen LogP contribution in [-0.2, 0) is 4.74 Å². The highest BCUT2D eigenvalue weighted by atomic mass is 35.5. The Labute approximate surface area is 179 Å². The monoisotopic (exact) mass is 426 g/mol. The molecule has 0 aromatic heterocycles. The molecular formula is C22H35ClN2O4. The van der Waals surface area contributed by atoms with E-state index in [0.29, 0.717) is 47.1 Å². The van der Waals surface area contributed by atoms with E-state index in [0.717, 1.165) is 32.7 Å². The molecule has 1 N–H and O–H groups in total. The van der Waals surface area contributed by atoms with Crippen LogP contribution in [0.15, 0.2) is 12.1 Å². The van der Waals surface area contributed by atoms with E-state index >= 15 is 0 Å². The second-order valence-electron chi connectivity index (χ2n) is 8.19. The second-order valence-corrected chi connectivity index (χ2v) is 8.60. The van der Waals surface area contributed by atoms with Crippen molar-refractivity contribution < 1.29 is 19.0 Å². The molecule has 0 saturated carbocycles. The predicted octanol–water partition coefficient (Wildman–Crippen LogP) is 3.86. The van der Waals surface area contributed by atoms with E-state index in [2.05, 4.69) is 37.9 Å². The molecule has 1 saturated heterocycles. The number of hydrogen-bond acceptors (Lipinski definition) is 5. The Bertz CT molecular complexity index is 660. The molecule has 6 nitrogen and oxygen atoms in total. The maximum absolute atomic E-state index is 12.8. The highest BCUT2D eigenvalue weighted by molar-refractivity contribution is 6.32. The topological polar surface area (TPSA) is 60.0 Å². The third kappa shape index (κ3) is 7.05. The molecule has 1 unspecified atom stereocenters. The van der Waals surface area contributed by atoms with Crippen molar-refractivity contribution in [2.24, 2.45) is 11.8 Å². The quantitative estimate of drug-likeness (QED) is 0.615. The number of nitrogens with one attached hydrogen (secondary N) is 1. The molecule has 1 aliphatic heterocycles. The third-order valence-electron chi connectivity index (χ3n) is 5.19. The number of nitrogens with zero attached hydrogens (tertiary/aromatic N) is 1. The van der Waals surface area contributed by atoms with Crippen molar-refractivity contribution in [2.75, 3.05) is 46.6 Å². The van der Waals surface area contributed by atoms with Crippen LogP contribution in [0.4, 0.5) is 0 Å². The van der Waals surface area contributed by atoms with Crippen molar-refractivity contribution >= 4 is 17.5 Å². The smallest absolute Gasteiger partial charge is 0.251 e. The van der Waals surface area contributed by atoms with Gasteiger partial charge in [-0.1, -0.05) is 39.3 Å². The Balaban J connectivity index is 2.04. The second kappa shape index (κ2) is 11.6. The molecule has 1 aromatic carbocycles. The summed E-state index contributed by atoms with van der Waals surface area (Å²) in [6.45, 7) is 13.0. The van der Waals surface area contributed by atoms with Gasteiger partial charge in [-0.2, -0.15) is 0 Å². The average molecular weight is 427 g/mol. The van der Waals surface area contributed by atoms with Gasteiger partial charge in [0.25, 0.3) is 5.91 Å². The Morgan fingerprint density at radius 3 is 2.52 bits per heavy atom. The molecule has 7 heteroatoms. The maximum atomic E-state index is 12.8. The van der Waals surface area contributed by atoms with Crippen LogP contribution in [0, 0.1) is 11.8 Å². The normalized spacial score (nSPS) is 16.1. The Morgan fingerprint density at radius 2 is 1.93 bits per heavy atom. The summed E-state index contributed by atoms with van der Waals surface area (Å²) in [6.07, 6.45) is 0.917. The first-order valence-electron chi connectivity index (χ1n) is 10.4. The minimum atomic E-state index is -0.169. The Hall–Kier alpha value is -1.50. The molecule has 0 bridgehead atoms. The van der Waals surface area contributed by atoms with Gasteiger partial charge in [-0.05, 0) is 30.4 Å². The molecule has 1 aliphatic rings. The third-order valence-corrected chi connectivity index (χ3v) is 5.47. The Kier molecular flexibility index (Phi) is 9.53. The molecule has 1 aromatic rings. The summed E-state index contributed by atoms with van der Waals surface area (Å²) < 4.78 is 16.7. The van der Waals surface area contributed by atoms with Gasteiger partial charge in [-0.15, -0.1) is 0 Å². The molecule has 29 heavy (non-hydrogen) atoms. The largest absolute Gasteiger partial charge is 0.493 e. The van der Waals surface area contributed by atoms with Gasteiger partial charge in [0.2, 0.25) is 0 Å². The molecule has 1 atom stereocenters. The fraction of sp³-hybridized carbons (Fsp3) is 0.682. The first kappa shape index (κ1) is 23.8. The van der Waals surface area contributed by atoms with Crippen molar-refractivity contribution in [1.82, 2.24) is 10.2 Å². The van der Waals surface area contributed by atoms with E-state index in [1.165, 1.54) is 0 Å². The maximum Gasteiger partial charge on any atom is 0.251 e. The van der Waals surface area contributed by atoms with Crippen LogP contribution in [-0.4, -0.2) is 63.4 Å². The van der Waals surface area contributed by atoms with Gasteiger partial charge >= 0.3 is 0 Å². The molecule has 0 spiro atoms. The first-order valence-corrected chi connectivity index (χ1v) is 10.8. The molecule has 2 rings (SSSR count). The molecular weight excluding hydrogens is 392 g/mol. The number of benzene rings is 1. The van der Waals surface area contributed by atoms with Gasteiger partial charge < -0.3 is 19.5 Å². The SMILES string of the molecule is COc1cc(C(=O)NCC(C(C)C)N2CCOCC2)cc(Cl)c1OCCC(C)C.